The van der Waals surface area contributed by atoms with E-state index < -0.39 is 6.09 Å². The summed E-state index contributed by atoms with van der Waals surface area (Å²) >= 11 is 0. The molecule has 1 aromatic rings. The van der Waals surface area contributed by atoms with E-state index in [1.165, 1.54) is 6.42 Å². The lowest BCUT2D eigenvalue weighted by atomic mass is 9.84. The molecule has 32 heavy (non-hydrogen) atoms. The molecule has 0 unspecified atom stereocenters. The van der Waals surface area contributed by atoms with Gasteiger partial charge in [0.15, 0.2) is 0 Å². The molecule has 2 aliphatic rings. The molecule has 2 amide bonds. The van der Waals surface area contributed by atoms with Crippen LogP contribution in [0.1, 0.15) is 45.4 Å². The van der Waals surface area contributed by atoms with E-state index >= 15 is 0 Å². The van der Waals surface area contributed by atoms with Crippen LogP contribution in [0.25, 0.3) is 0 Å². The number of carbonyl (C=O) groups is 2. The van der Waals surface area contributed by atoms with Gasteiger partial charge in [0.25, 0.3) is 0 Å². The third-order valence-electron chi connectivity index (χ3n) is 6.41. The van der Waals surface area contributed by atoms with Gasteiger partial charge >= 0.3 is 6.09 Å². The van der Waals surface area contributed by atoms with Crippen LogP contribution in [0.5, 0.6) is 0 Å². The van der Waals surface area contributed by atoms with Crippen molar-refractivity contribution in [3.63, 3.8) is 0 Å². The van der Waals surface area contributed by atoms with Crippen LogP contribution in [-0.4, -0.2) is 62.3 Å². The fourth-order valence-corrected chi connectivity index (χ4v) is 4.61. The molecule has 0 spiro atoms. The molecule has 1 heterocycles. The van der Waals surface area contributed by atoms with Crippen LogP contribution in [0.4, 0.5) is 16.2 Å². The standard InChI is InChI=1S/C24H35N5O3/c1-2-32-24(31)27-21-4-3-5-22(18-21)29-16-14-28(15-17-29)13-11-19-6-8-20(9-7-19)26-23(30)10-12-25/h3-5,18-20H,2,6-11,13-17H2,1H3,(H,26,30)(H,27,31)/t19-,20-. The first-order chi connectivity index (χ1) is 15.6. The van der Waals surface area contributed by atoms with E-state index in [0.717, 1.165) is 75.7 Å². The Bertz CT molecular complexity index is 793. The molecule has 2 fully saturated rings. The highest BCUT2D eigenvalue weighted by molar-refractivity contribution is 5.85. The molecule has 2 N–H and O–H groups in total. The predicted octanol–water partition coefficient (Wildman–Crippen LogP) is 3.36. The first kappa shape index (κ1) is 23.9. The highest BCUT2D eigenvalue weighted by atomic mass is 16.5. The van der Waals surface area contributed by atoms with Gasteiger partial charge in [-0.1, -0.05) is 6.07 Å². The summed E-state index contributed by atoms with van der Waals surface area (Å²) in [5.41, 5.74) is 1.87. The van der Waals surface area contributed by atoms with Crippen molar-refractivity contribution in [3.05, 3.63) is 24.3 Å². The summed E-state index contributed by atoms with van der Waals surface area (Å²) in [6, 6.07) is 10.1. The van der Waals surface area contributed by atoms with Crippen molar-refractivity contribution in [3.8, 4) is 6.07 Å². The number of anilines is 2. The molecule has 1 saturated heterocycles. The minimum Gasteiger partial charge on any atom is -0.450 e. The van der Waals surface area contributed by atoms with Crippen molar-refractivity contribution >= 4 is 23.4 Å². The smallest absolute Gasteiger partial charge is 0.411 e. The average molecular weight is 442 g/mol. The zero-order valence-electron chi connectivity index (χ0n) is 19.0. The highest BCUT2D eigenvalue weighted by Crippen LogP contribution is 2.27. The summed E-state index contributed by atoms with van der Waals surface area (Å²) in [5.74, 6) is 0.582. The molecule has 3 rings (SSSR count). The van der Waals surface area contributed by atoms with Gasteiger partial charge in [0, 0.05) is 43.6 Å². The van der Waals surface area contributed by atoms with E-state index in [4.69, 9.17) is 10.00 Å². The Morgan fingerprint density at radius 1 is 1.16 bits per heavy atom. The lowest BCUT2D eigenvalue weighted by Gasteiger charge is -2.37. The van der Waals surface area contributed by atoms with Crippen LogP contribution in [0.15, 0.2) is 24.3 Å². The summed E-state index contributed by atoms with van der Waals surface area (Å²) in [6.45, 7) is 7.28. The number of ether oxygens (including phenoxy) is 1. The molecular weight excluding hydrogens is 406 g/mol. The number of nitrogens with zero attached hydrogens (tertiary/aromatic N) is 3. The second-order valence-corrected chi connectivity index (χ2v) is 8.63. The second kappa shape index (κ2) is 12.3. The number of nitriles is 1. The normalized spacial score (nSPS) is 21.4. The first-order valence-corrected chi connectivity index (χ1v) is 11.7. The van der Waals surface area contributed by atoms with Gasteiger partial charge in [-0.15, -0.1) is 0 Å². The highest BCUT2D eigenvalue weighted by Gasteiger charge is 2.24. The van der Waals surface area contributed by atoms with E-state index in [1.54, 1.807) is 6.92 Å². The van der Waals surface area contributed by atoms with Gasteiger partial charge in [0.05, 0.1) is 12.7 Å². The van der Waals surface area contributed by atoms with E-state index in [9.17, 15) is 9.59 Å². The quantitative estimate of drug-likeness (QED) is 0.642. The van der Waals surface area contributed by atoms with Gasteiger partial charge in [-0.25, -0.2) is 4.79 Å². The molecule has 1 aliphatic carbocycles. The fourth-order valence-electron chi connectivity index (χ4n) is 4.61. The molecule has 0 bridgehead atoms. The Morgan fingerprint density at radius 2 is 1.91 bits per heavy atom. The predicted molar refractivity (Wildman–Crippen MR) is 124 cm³/mol. The van der Waals surface area contributed by atoms with E-state index in [2.05, 4.69) is 26.5 Å². The van der Waals surface area contributed by atoms with Gasteiger partial charge in [-0.05, 0) is 69.7 Å². The molecule has 1 aliphatic heterocycles. The number of nitrogens with one attached hydrogen (secondary N) is 2. The summed E-state index contributed by atoms with van der Waals surface area (Å²) in [4.78, 5) is 28.1. The maximum Gasteiger partial charge on any atom is 0.411 e. The number of amides is 2. The van der Waals surface area contributed by atoms with Crippen molar-refractivity contribution in [2.45, 2.75) is 51.5 Å². The van der Waals surface area contributed by atoms with Gasteiger partial charge in [-0.3, -0.25) is 15.0 Å². The Balaban J connectivity index is 1.36. The molecule has 0 aromatic heterocycles. The van der Waals surface area contributed by atoms with Gasteiger partial charge in [0.2, 0.25) is 5.91 Å². The Labute approximate surface area is 190 Å². The Kier molecular flexibility index (Phi) is 9.17. The lowest BCUT2D eigenvalue weighted by Crippen LogP contribution is -2.47. The number of carbonyl (C=O) groups excluding carboxylic acids is 2. The Hall–Kier alpha value is -2.79. The number of piperazine rings is 1. The molecule has 0 radical (unpaired) electrons. The van der Waals surface area contributed by atoms with Gasteiger partial charge in [0.1, 0.15) is 6.42 Å². The topological polar surface area (TPSA) is 97.7 Å². The van der Waals surface area contributed by atoms with Crippen LogP contribution in [0.3, 0.4) is 0 Å². The van der Waals surface area contributed by atoms with Gasteiger partial charge < -0.3 is 15.0 Å². The number of hydrogen-bond donors (Lipinski definition) is 2. The molecule has 8 nitrogen and oxygen atoms in total. The van der Waals surface area contributed by atoms with Crippen LogP contribution in [0, 0.1) is 17.2 Å². The summed E-state index contributed by atoms with van der Waals surface area (Å²) in [6.07, 6.45) is 5.08. The summed E-state index contributed by atoms with van der Waals surface area (Å²) in [5, 5.41) is 14.4. The number of benzene rings is 1. The number of hydrogen-bond acceptors (Lipinski definition) is 6. The monoisotopic (exact) mass is 441 g/mol. The second-order valence-electron chi connectivity index (χ2n) is 8.63. The molecule has 8 heteroatoms. The molecular formula is C24H35N5O3. The van der Waals surface area contributed by atoms with Crippen molar-refractivity contribution in [2.75, 3.05) is 49.5 Å². The summed E-state index contributed by atoms with van der Waals surface area (Å²) in [7, 11) is 0. The first-order valence-electron chi connectivity index (χ1n) is 11.7. The molecule has 1 aromatic carbocycles. The molecule has 0 atom stereocenters. The van der Waals surface area contributed by atoms with E-state index in [-0.39, 0.29) is 18.4 Å². The molecule has 174 valence electrons. The number of rotatable bonds is 8. The van der Waals surface area contributed by atoms with E-state index in [1.807, 2.05) is 24.3 Å². The van der Waals surface area contributed by atoms with Crippen LogP contribution >= 0.6 is 0 Å². The van der Waals surface area contributed by atoms with Crippen molar-refractivity contribution in [1.82, 2.24) is 10.2 Å². The third kappa shape index (κ3) is 7.41. The van der Waals surface area contributed by atoms with Gasteiger partial charge in [-0.2, -0.15) is 5.26 Å². The van der Waals surface area contributed by atoms with Crippen molar-refractivity contribution in [1.29, 1.82) is 5.26 Å². The van der Waals surface area contributed by atoms with Crippen molar-refractivity contribution in [2.24, 2.45) is 5.92 Å². The Morgan fingerprint density at radius 3 is 2.59 bits per heavy atom. The van der Waals surface area contributed by atoms with Crippen LogP contribution in [-0.2, 0) is 9.53 Å². The van der Waals surface area contributed by atoms with Crippen molar-refractivity contribution < 1.29 is 14.3 Å². The largest absolute Gasteiger partial charge is 0.450 e. The third-order valence-corrected chi connectivity index (χ3v) is 6.41. The minimum atomic E-state index is -0.423. The maximum atomic E-state index is 11.7. The fraction of sp³-hybridized carbons (Fsp3) is 0.625. The zero-order valence-corrected chi connectivity index (χ0v) is 19.0. The summed E-state index contributed by atoms with van der Waals surface area (Å²) < 4.78 is 4.95. The SMILES string of the molecule is CCOC(=O)Nc1cccc(N2CCN(CC[C@H]3CC[C@H](NC(=O)CC#N)CC3)CC2)c1. The zero-order chi connectivity index (χ0) is 22.8. The minimum absolute atomic E-state index is 0.0435. The van der Waals surface area contributed by atoms with Crippen LogP contribution < -0.4 is 15.5 Å². The lowest BCUT2D eigenvalue weighted by molar-refractivity contribution is -0.121. The van der Waals surface area contributed by atoms with Crippen LogP contribution in [0.2, 0.25) is 0 Å². The molecule has 1 saturated carbocycles. The maximum absolute atomic E-state index is 11.7. The van der Waals surface area contributed by atoms with E-state index in [0.29, 0.717) is 6.61 Å². The average Bonchev–Trinajstić information content (AvgIpc) is 2.79.